The molecule has 1 fully saturated rings. The second-order valence-electron chi connectivity index (χ2n) is 8.07. The van der Waals surface area contributed by atoms with E-state index in [0.717, 1.165) is 43.0 Å². The summed E-state index contributed by atoms with van der Waals surface area (Å²) < 4.78 is 32.1. The predicted molar refractivity (Wildman–Crippen MR) is 122 cm³/mol. The first-order chi connectivity index (χ1) is 16.0. The first-order valence-electron chi connectivity index (χ1n) is 11.1. The Kier molecular flexibility index (Phi) is 7.42. The van der Waals surface area contributed by atoms with Gasteiger partial charge in [-0.15, -0.1) is 0 Å². The van der Waals surface area contributed by atoms with E-state index in [1.807, 2.05) is 0 Å². The minimum absolute atomic E-state index is 0.0846. The van der Waals surface area contributed by atoms with Gasteiger partial charge in [-0.2, -0.15) is 0 Å². The number of ether oxygens (including phenoxy) is 1. The van der Waals surface area contributed by atoms with Crippen LogP contribution in [-0.4, -0.2) is 53.5 Å². The predicted octanol–water partition coefficient (Wildman–Crippen LogP) is 4.44. The molecular formula is C26H27F2N3O2. The van der Waals surface area contributed by atoms with Crippen molar-refractivity contribution in [1.29, 1.82) is 0 Å². The molecule has 33 heavy (non-hydrogen) atoms. The van der Waals surface area contributed by atoms with Crippen molar-refractivity contribution in [3.8, 4) is 0 Å². The number of halogens is 2. The molecule has 0 N–H and O–H groups in total. The van der Waals surface area contributed by atoms with Gasteiger partial charge >= 0.3 is 5.97 Å². The Balaban J connectivity index is 1.45. The standard InChI is InChI=1S/C26H27F2N3O2/c1-2-33-26(32)21-11-12-29-24(17-21)18-30-13-15-31(16-14-30)25(19-3-7-22(27)8-4-19)20-5-9-23(28)10-6-20/h3-12,17,25H,2,13-16,18H2,1H3. The fourth-order valence-electron chi connectivity index (χ4n) is 4.22. The maximum absolute atomic E-state index is 13.5. The first kappa shape index (κ1) is 23.0. The van der Waals surface area contributed by atoms with Gasteiger partial charge < -0.3 is 4.74 Å². The third-order valence-corrected chi connectivity index (χ3v) is 5.86. The number of carbonyl (C=O) groups is 1. The van der Waals surface area contributed by atoms with Crippen molar-refractivity contribution in [2.24, 2.45) is 0 Å². The summed E-state index contributed by atoms with van der Waals surface area (Å²) in [6, 6.07) is 16.4. The Morgan fingerprint density at radius 3 is 2.06 bits per heavy atom. The lowest BCUT2D eigenvalue weighted by Crippen LogP contribution is -2.47. The maximum atomic E-state index is 13.5. The van der Waals surface area contributed by atoms with E-state index in [9.17, 15) is 13.6 Å². The Labute approximate surface area is 192 Å². The molecule has 1 aliphatic heterocycles. The second-order valence-corrected chi connectivity index (χ2v) is 8.07. The number of aromatic nitrogens is 1. The molecule has 2 heterocycles. The van der Waals surface area contributed by atoms with Crippen LogP contribution in [0, 0.1) is 11.6 Å². The molecule has 3 aromatic rings. The molecule has 2 aromatic carbocycles. The van der Waals surface area contributed by atoms with Gasteiger partial charge in [-0.05, 0) is 54.4 Å². The van der Waals surface area contributed by atoms with Gasteiger partial charge in [0.1, 0.15) is 11.6 Å². The summed E-state index contributed by atoms with van der Waals surface area (Å²) in [6.07, 6.45) is 1.64. The lowest BCUT2D eigenvalue weighted by Gasteiger charge is -2.39. The van der Waals surface area contributed by atoms with Gasteiger partial charge in [0.25, 0.3) is 0 Å². The molecule has 1 saturated heterocycles. The van der Waals surface area contributed by atoms with Crippen molar-refractivity contribution in [2.45, 2.75) is 19.5 Å². The summed E-state index contributed by atoms with van der Waals surface area (Å²) in [7, 11) is 0. The minimum Gasteiger partial charge on any atom is -0.462 e. The molecule has 0 atom stereocenters. The van der Waals surface area contributed by atoms with Crippen LogP contribution in [0.5, 0.6) is 0 Å². The van der Waals surface area contributed by atoms with E-state index in [0.29, 0.717) is 18.7 Å². The van der Waals surface area contributed by atoms with E-state index in [1.54, 1.807) is 49.5 Å². The van der Waals surface area contributed by atoms with E-state index in [2.05, 4.69) is 14.8 Å². The molecule has 4 rings (SSSR count). The average molecular weight is 452 g/mol. The molecule has 0 unspecified atom stereocenters. The van der Waals surface area contributed by atoms with Gasteiger partial charge in [-0.25, -0.2) is 13.6 Å². The van der Waals surface area contributed by atoms with E-state index in [-0.39, 0.29) is 23.6 Å². The number of hydrogen-bond donors (Lipinski definition) is 0. The number of hydrogen-bond acceptors (Lipinski definition) is 5. The minimum atomic E-state index is -0.340. The van der Waals surface area contributed by atoms with Gasteiger partial charge in [-0.3, -0.25) is 14.8 Å². The fraction of sp³-hybridized carbons (Fsp3) is 0.308. The summed E-state index contributed by atoms with van der Waals surface area (Å²) in [4.78, 5) is 21.0. The van der Waals surface area contributed by atoms with E-state index < -0.39 is 0 Å². The lowest BCUT2D eigenvalue weighted by molar-refractivity contribution is 0.0525. The molecule has 7 heteroatoms. The Bertz CT molecular complexity index is 1020. The van der Waals surface area contributed by atoms with Crippen molar-refractivity contribution in [1.82, 2.24) is 14.8 Å². The molecule has 5 nitrogen and oxygen atoms in total. The van der Waals surface area contributed by atoms with Crippen LogP contribution >= 0.6 is 0 Å². The number of pyridine rings is 1. The van der Waals surface area contributed by atoms with Crippen LogP contribution in [0.25, 0.3) is 0 Å². The molecule has 172 valence electrons. The number of rotatable bonds is 7. The van der Waals surface area contributed by atoms with Crippen molar-refractivity contribution in [3.63, 3.8) is 0 Å². The van der Waals surface area contributed by atoms with E-state index in [1.165, 1.54) is 24.3 Å². The maximum Gasteiger partial charge on any atom is 0.338 e. The number of nitrogens with zero attached hydrogens (tertiary/aromatic N) is 3. The van der Waals surface area contributed by atoms with Gasteiger partial charge in [-0.1, -0.05) is 24.3 Å². The zero-order valence-electron chi connectivity index (χ0n) is 18.6. The van der Waals surface area contributed by atoms with Crippen molar-refractivity contribution in [3.05, 3.63) is 101 Å². The summed E-state index contributed by atoms with van der Waals surface area (Å²) in [5.74, 6) is -0.898. The first-order valence-corrected chi connectivity index (χ1v) is 11.1. The monoisotopic (exact) mass is 451 g/mol. The quantitative estimate of drug-likeness (QED) is 0.497. The van der Waals surface area contributed by atoms with Crippen LogP contribution in [0.2, 0.25) is 0 Å². The molecule has 0 saturated carbocycles. The van der Waals surface area contributed by atoms with Gasteiger partial charge in [0.15, 0.2) is 0 Å². The van der Waals surface area contributed by atoms with Crippen molar-refractivity contribution < 1.29 is 18.3 Å². The van der Waals surface area contributed by atoms with Crippen LogP contribution in [0.15, 0.2) is 66.9 Å². The number of benzene rings is 2. The molecule has 1 aliphatic rings. The smallest absolute Gasteiger partial charge is 0.338 e. The van der Waals surface area contributed by atoms with Crippen LogP contribution in [0.3, 0.4) is 0 Å². The molecule has 0 spiro atoms. The van der Waals surface area contributed by atoms with Crippen LogP contribution < -0.4 is 0 Å². The molecule has 0 radical (unpaired) electrons. The number of esters is 1. The average Bonchev–Trinajstić information content (AvgIpc) is 2.83. The molecule has 0 bridgehead atoms. The lowest BCUT2D eigenvalue weighted by atomic mass is 9.96. The highest BCUT2D eigenvalue weighted by Gasteiger charge is 2.27. The third-order valence-electron chi connectivity index (χ3n) is 5.86. The third kappa shape index (κ3) is 5.80. The summed E-state index contributed by atoms with van der Waals surface area (Å²) in [6.45, 7) is 5.95. The molecule has 0 amide bonds. The Hall–Kier alpha value is -3.16. The Morgan fingerprint density at radius 2 is 1.52 bits per heavy atom. The summed E-state index contributed by atoms with van der Waals surface area (Å²) in [5, 5.41) is 0. The van der Waals surface area contributed by atoms with E-state index >= 15 is 0 Å². The zero-order chi connectivity index (χ0) is 23.2. The summed E-state index contributed by atoms with van der Waals surface area (Å²) >= 11 is 0. The highest BCUT2D eigenvalue weighted by Crippen LogP contribution is 2.30. The van der Waals surface area contributed by atoms with Gasteiger partial charge in [0.2, 0.25) is 0 Å². The summed E-state index contributed by atoms with van der Waals surface area (Å²) in [5.41, 5.74) is 3.27. The molecular weight excluding hydrogens is 424 g/mol. The van der Waals surface area contributed by atoms with Crippen LogP contribution in [-0.2, 0) is 11.3 Å². The van der Waals surface area contributed by atoms with Crippen LogP contribution in [0.1, 0.15) is 40.1 Å². The fourth-order valence-corrected chi connectivity index (χ4v) is 4.22. The topological polar surface area (TPSA) is 45.7 Å². The number of piperazine rings is 1. The molecule has 1 aromatic heterocycles. The SMILES string of the molecule is CCOC(=O)c1ccnc(CN2CCN(C(c3ccc(F)cc3)c3ccc(F)cc3)CC2)c1. The van der Waals surface area contributed by atoms with Crippen molar-refractivity contribution >= 4 is 5.97 Å². The van der Waals surface area contributed by atoms with Gasteiger partial charge in [0.05, 0.1) is 23.9 Å². The highest BCUT2D eigenvalue weighted by molar-refractivity contribution is 5.89. The largest absolute Gasteiger partial charge is 0.462 e. The van der Waals surface area contributed by atoms with Crippen molar-refractivity contribution in [2.75, 3.05) is 32.8 Å². The highest BCUT2D eigenvalue weighted by atomic mass is 19.1. The molecule has 0 aliphatic carbocycles. The normalized spacial score (nSPS) is 15.0. The van der Waals surface area contributed by atoms with E-state index in [4.69, 9.17) is 4.74 Å². The second kappa shape index (κ2) is 10.6. The van der Waals surface area contributed by atoms with Gasteiger partial charge in [0, 0.05) is 38.9 Å². The zero-order valence-corrected chi connectivity index (χ0v) is 18.6. The Morgan fingerprint density at radius 1 is 0.939 bits per heavy atom. The number of carbonyl (C=O) groups excluding carboxylic acids is 1. The van der Waals surface area contributed by atoms with Crippen LogP contribution in [0.4, 0.5) is 8.78 Å².